The first kappa shape index (κ1) is 25.3. The molecule has 2 aliphatic rings. The first-order valence-corrected chi connectivity index (χ1v) is 7.96. The minimum absolute atomic E-state index is 0. The Morgan fingerprint density at radius 3 is 1.22 bits per heavy atom. The van der Waals surface area contributed by atoms with Crippen LogP contribution in [0.5, 0.6) is 0 Å². The summed E-state index contributed by atoms with van der Waals surface area (Å²) < 4.78 is 0. The van der Waals surface area contributed by atoms with Crippen molar-refractivity contribution in [3.8, 4) is 0 Å². The van der Waals surface area contributed by atoms with Gasteiger partial charge in [0.25, 0.3) is 0 Å². The van der Waals surface area contributed by atoms with E-state index in [-0.39, 0.29) is 51.0 Å². The van der Waals surface area contributed by atoms with E-state index in [1.807, 2.05) is 72.9 Å². The molecule has 0 nitrogen and oxygen atoms in total. The van der Waals surface area contributed by atoms with Crippen molar-refractivity contribution in [2.75, 3.05) is 0 Å². The minimum Gasteiger partial charge on any atom is -1.00 e. The third-order valence-electron chi connectivity index (χ3n) is 3.49. The van der Waals surface area contributed by atoms with E-state index in [0.29, 0.717) is 0 Å². The van der Waals surface area contributed by atoms with Crippen molar-refractivity contribution in [1.29, 1.82) is 0 Å². The molecule has 0 N–H and O–H groups in total. The number of hydrogen-bond donors (Lipinski definition) is 0. The molecule has 0 unspecified atom stereocenters. The Kier molecular flexibility index (Phi) is 13.5. The Hall–Kier alpha value is -1.66. The van der Waals surface area contributed by atoms with Crippen LogP contribution >= 0.6 is 0 Å². The molecule has 0 fully saturated rings. The summed E-state index contributed by atoms with van der Waals surface area (Å²) in [6, 6.07) is 20.5. The second-order valence-electron chi connectivity index (χ2n) is 5.36. The van der Waals surface area contributed by atoms with Crippen LogP contribution in [-0.4, -0.2) is 0 Å². The van der Waals surface area contributed by atoms with Crippen LogP contribution in [0, 0.1) is 12.2 Å². The Balaban J connectivity index is 0.000000451. The molecule has 0 bridgehead atoms. The van der Waals surface area contributed by atoms with Gasteiger partial charge >= 0.3 is 26.2 Å². The van der Waals surface area contributed by atoms with Crippen LogP contribution in [0.3, 0.4) is 0 Å². The standard InChI is InChI=1S/2C12H9.2ClH.Zr/c2*1-2-6-11(7-3-1)10-12-8-4-5-9-12;;;/h2*1-8,10H;2*1H;/q2*-1;;;+4/p-2. The third-order valence-corrected chi connectivity index (χ3v) is 3.49. The van der Waals surface area contributed by atoms with E-state index >= 15 is 0 Å². The average Bonchev–Trinajstić information content (AvgIpc) is 3.32. The molecular weight excluding hydrogens is 450 g/mol. The molecule has 132 valence electrons. The number of hydrogen-bond acceptors (Lipinski definition) is 0. The van der Waals surface area contributed by atoms with Crippen molar-refractivity contribution in [1.82, 2.24) is 0 Å². The maximum atomic E-state index is 3.13. The Bertz CT molecular complexity index is 741. The molecule has 27 heavy (non-hydrogen) atoms. The fraction of sp³-hybridized carbons (Fsp3) is 0. The van der Waals surface area contributed by atoms with Gasteiger partial charge in [0, 0.05) is 0 Å². The van der Waals surface area contributed by atoms with Crippen molar-refractivity contribution < 1.29 is 51.0 Å². The summed E-state index contributed by atoms with van der Waals surface area (Å²) in [6.45, 7) is 0. The van der Waals surface area contributed by atoms with Gasteiger partial charge in [-0.1, -0.05) is 71.8 Å². The summed E-state index contributed by atoms with van der Waals surface area (Å²) in [7, 11) is 0. The molecular formula is C24H18Cl2Zr. The molecule has 0 aromatic heterocycles. The summed E-state index contributed by atoms with van der Waals surface area (Å²) in [5, 5.41) is 0. The summed E-state index contributed by atoms with van der Waals surface area (Å²) >= 11 is 0. The van der Waals surface area contributed by atoms with Gasteiger partial charge in [0.2, 0.25) is 0 Å². The second-order valence-corrected chi connectivity index (χ2v) is 5.36. The van der Waals surface area contributed by atoms with Crippen LogP contribution in [0.4, 0.5) is 0 Å². The summed E-state index contributed by atoms with van der Waals surface area (Å²) in [6.07, 6.45) is 22.4. The fourth-order valence-electron chi connectivity index (χ4n) is 2.33. The van der Waals surface area contributed by atoms with Gasteiger partial charge in [0.05, 0.1) is 0 Å². The van der Waals surface area contributed by atoms with Crippen LogP contribution in [0.25, 0.3) is 12.2 Å². The quantitative estimate of drug-likeness (QED) is 0.545. The molecule has 4 rings (SSSR count). The van der Waals surface area contributed by atoms with Crippen LogP contribution in [0.1, 0.15) is 11.1 Å². The number of allylic oxidation sites excluding steroid dienone is 10. The van der Waals surface area contributed by atoms with E-state index in [4.69, 9.17) is 0 Å². The van der Waals surface area contributed by atoms with E-state index < -0.39 is 0 Å². The maximum Gasteiger partial charge on any atom is 4.00 e. The smallest absolute Gasteiger partial charge is 1.00 e. The summed E-state index contributed by atoms with van der Waals surface area (Å²) in [5.74, 6) is 0. The molecule has 2 aromatic carbocycles. The van der Waals surface area contributed by atoms with Crippen LogP contribution < -0.4 is 24.8 Å². The molecule has 3 heteroatoms. The Morgan fingerprint density at radius 1 is 0.556 bits per heavy atom. The fourth-order valence-corrected chi connectivity index (χ4v) is 2.33. The van der Waals surface area contributed by atoms with Crippen LogP contribution in [-0.2, 0) is 26.2 Å². The SMILES string of the molecule is [C-]1=CC=CC1=Cc1ccccc1.[C-]1=CC=CC1=Cc1ccccc1.[Cl-].[Cl-].[Zr+4]. The van der Waals surface area contributed by atoms with Gasteiger partial charge in [-0.05, 0) is 0 Å². The van der Waals surface area contributed by atoms with Crippen molar-refractivity contribution in [3.05, 3.63) is 132 Å². The molecule has 0 spiro atoms. The number of rotatable bonds is 2. The van der Waals surface area contributed by atoms with Crippen molar-refractivity contribution >= 4 is 12.2 Å². The Morgan fingerprint density at radius 2 is 0.926 bits per heavy atom. The van der Waals surface area contributed by atoms with Crippen molar-refractivity contribution in [2.24, 2.45) is 0 Å². The molecule has 2 aliphatic carbocycles. The summed E-state index contributed by atoms with van der Waals surface area (Å²) in [5.41, 5.74) is 4.72. The van der Waals surface area contributed by atoms with E-state index in [9.17, 15) is 0 Å². The topological polar surface area (TPSA) is 0 Å². The minimum atomic E-state index is 0. The number of benzene rings is 2. The van der Waals surface area contributed by atoms with Gasteiger partial charge < -0.3 is 24.8 Å². The predicted octanol–water partition coefficient (Wildman–Crippen LogP) is 0.00388. The molecule has 0 radical (unpaired) electrons. The third kappa shape index (κ3) is 9.20. The van der Waals surface area contributed by atoms with E-state index in [1.165, 1.54) is 11.1 Å². The average molecular weight is 469 g/mol. The Labute approximate surface area is 193 Å². The molecule has 0 saturated carbocycles. The zero-order valence-electron chi connectivity index (χ0n) is 14.6. The van der Waals surface area contributed by atoms with Gasteiger partial charge in [0.15, 0.2) is 0 Å². The van der Waals surface area contributed by atoms with Crippen molar-refractivity contribution in [2.45, 2.75) is 0 Å². The van der Waals surface area contributed by atoms with Crippen LogP contribution in [0.15, 0.2) is 108 Å². The van der Waals surface area contributed by atoms with Crippen LogP contribution in [0.2, 0.25) is 0 Å². The first-order chi connectivity index (χ1) is 11.9. The number of halogens is 2. The largest absolute Gasteiger partial charge is 4.00 e. The molecule has 0 atom stereocenters. The normalized spacial score (nSPS) is 15.6. The summed E-state index contributed by atoms with van der Waals surface area (Å²) in [4.78, 5) is 0. The van der Waals surface area contributed by atoms with Gasteiger partial charge in [0.1, 0.15) is 0 Å². The van der Waals surface area contributed by atoms with E-state index in [1.54, 1.807) is 0 Å². The molecule has 0 aliphatic heterocycles. The molecule has 2 aromatic rings. The molecule has 0 saturated heterocycles. The van der Waals surface area contributed by atoms with Crippen molar-refractivity contribution in [3.63, 3.8) is 0 Å². The predicted molar refractivity (Wildman–Crippen MR) is 103 cm³/mol. The van der Waals surface area contributed by atoms with Gasteiger partial charge in [-0.3, -0.25) is 0 Å². The zero-order valence-corrected chi connectivity index (χ0v) is 18.6. The van der Waals surface area contributed by atoms with Gasteiger partial charge in [-0.2, -0.15) is 47.6 Å². The van der Waals surface area contributed by atoms with Gasteiger partial charge in [-0.15, -0.1) is 24.3 Å². The van der Waals surface area contributed by atoms with E-state index in [0.717, 1.165) is 11.1 Å². The molecule has 0 heterocycles. The molecule has 0 amide bonds. The van der Waals surface area contributed by atoms with E-state index in [2.05, 4.69) is 48.6 Å². The van der Waals surface area contributed by atoms with Gasteiger partial charge in [-0.25, -0.2) is 0 Å². The second kappa shape index (κ2) is 14.4. The monoisotopic (exact) mass is 466 g/mol. The maximum absolute atomic E-state index is 3.13. The first-order valence-electron chi connectivity index (χ1n) is 7.96. The zero-order chi connectivity index (χ0) is 16.5.